The van der Waals surface area contributed by atoms with E-state index in [1.165, 1.54) is 16.5 Å². The molecule has 7 rings (SSSR count). The van der Waals surface area contributed by atoms with Crippen LogP contribution in [0.5, 0.6) is 0 Å². The van der Waals surface area contributed by atoms with Crippen LogP contribution in [0.1, 0.15) is 24.0 Å². The second-order valence-electron chi connectivity index (χ2n) is 9.67. The Bertz CT molecular complexity index is 1160. The summed E-state index contributed by atoms with van der Waals surface area (Å²) in [4.78, 5) is 3.37. The molecule has 3 aromatic rings. The minimum Gasteiger partial charge on any atom is -0.361 e. The second kappa shape index (κ2) is 8.95. The Hall–Kier alpha value is -2.48. The lowest BCUT2D eigenvalue weighted by Crippen LogP contribution is -2.69. The van der Waals surface area contributed by atoms with Crippen LogP contribution in [0.2, 0.25) is 0 Å². The van der Waals surface area contributed by atoms with Crippen LogP contribution in [0.3, 0.4) is 0 Å². The molecular formula is C28H32N2O4. The molecule has 6 atom stereocenters. The van der Waals surface area contributed by atoms with E-state index >= 15 is 0 Å². The molecule has 4 heterocycles. The van der Waals surface area contributed by atoms with Crippen molar-refractivity contribution in [1.29, 1.82) is 0 Å². The lowest BCUT2D eigenvalue weighted by atomic mass is 9.66. The Morgan fingerprint density at radius 3 is 2.82 bits per heavy atom. The third kappa shape index (κ3) is 3.80. The third-order valence-corrected chi connectivity index (χ3v) is 7.75. The molecule has 0 radical (unpaired) electrons. The zero-order chi connectivity index (χ0) is 23.1. The van der Waals surface area contributed by atoms with Gasteiger partial charge < -0.3 is 29.2 Å². The predicted octanol–water partition coefficient (Wildman–Crippen LogP) is 4.52. The van der Waals surface area contributed by atoms with Gasteiger partial charge in [0.2, 0.25) is 0 Å². The average molecular weight is 461 g/mol. The lowest BCUT2D eigenvalue weighted by Gasteiger charge is -2.61. The zero-order valence-electron chi connectivity index (χ0n) is 19.5. The molecule has 4 aliphatic rings. The maximum absolute atomic E-state index is 6.36. The summed E-state index contributed by atoms with van der Waals surface area (Å²) in [5, 5.41) is 5.06. The monoisotopic (exact) mass is 460 g/mol. The molecule has 3 aliphatic heterocycles. The fourth-order valence-corrected chi connectivity index (χ4v) is 6.05. The zero-order valence-corrected chi connectivity index (χ0v) is 19.5. The number of benzene rings is 2. The number of para-hydroxylation sites is 1. The van der Waals surface area contributed by atoms with Gasteiger partial charge in [0.05, 0.1) is 12.5 Å². The Morgan fingerprint density at radius 2 is 1.97 bits per heavy atom. The first kappa shape index (κ1) is 22.0. The summed E-state index contributed by atoms with van der Waals surface area (Å²) in [5.41, 5.74) is 4.65. The molecule has 0 amide bonds. The van der Waals surface area contributed by atoms with Crippen LogP contribution in [0.4, 0.5) is 0 Å². The normalized spacial score (nSPS) is 32.4. The molecule has 34 heavy (non-hydrogen) atoms. The van der Waals surface area contributed by atoms with Crippen molar-refractivity contribution in [1.82, 2.24) is 10.3 Å². The van der Waals surface area contributed by atoms with Crippen molar-refractivity contribution >= 4 is 10.9 Å². The summed E-state index contributed by atoms with van der Waals surface area (Å²) in [6, 6.07) is 18.9. The fraction of sp³-hybridized carbons (Fsp3) is 0.429. The summed E-state index contributed by atoms with van der Waals surface area (Å²) in [5.74, 6) is -0.537. The molecule has 2 aromatic carbocycles. The van der Waals surface area contributed by atoms with E-state index in [1.807, 2.05) is 18.2 Å². The van der Waals surface area contributed by atoms with E-state index in [0.717, 1.165) is 36.9 Å². The standard InChI is InChI=1S/C28H32N2O4/c1-18-23-14-21(29-13-12-20-16-30-24-11-7-6-10-22(20)24)15-28(31-2)25(23)27(33-26(18)34-28)32-17-19-8-4-3-5-9-19/h3-11,16,21,23,25-27,29-30H,1,12-15,17H2,2H3/t21-,23-,25+,26+,27+,28+/m0/s1. The van der Waals surface area contributed by atoms with Gasteiger partial charge in [-0.3, -0.25) is 0 Å². The highest BCUT2D eigenvalue weighted by Gasteiger charge is 2.64. The van der Waals surface area contributed by atoms with Crippen LogP contribution in [-0.4, -0.2) is 43.0 Å². The van der Waals surface area contributed by atoms with E-state index in [-0.39, 0.29) is 24.2 Å². The predicted molar refractivity (Wildman–Crippen MR) is 130 cm³/mol. The SMILES string of the molecule is C=C1[C@@H]2O[C@@H](OCc3ccccc3)[C@H]3[C@H]1C[C@H](NCCc1c[nH]c4ccccc14)C[C@@]3(OC)O2. The molecule has 4 fully saturated rings. The van der Waals surface area contributed by atoms with E-state index in [4.69, 9.17) is 18.9 Å². The minimum atomic E-state index is -0.729. The summed E-state index contributed by atoms with van der Waals surface area (Å²) in [6.45, 7) is 5.73. The fourth-order valence-electron chi connectivity index (χ4n) is 6.05. The van der Waals surface area contributed by atoms with Gasteiger partial charge in [-0.15, -0.1) is 0 Å². The molecule has 6 nitrogen and oxygen atoms in total. The average Bonchev–Trinajstić information content (AvgIpc) is 3.29. The summed E-state index contributed by atoms with van der Waals surface area (Å²) >= 11 is 0. The van der Waals surface area contributed by atoms with Gasteiger partial charge in [-0.2, -0.15) is 0 Å². The Labute approximate surface area is 200 Å². The number of methoxy groups -OCH3 is 1. The second-order valence-corrected chi connectivity index (χ2v) is 9.67. The highest BCUT2D eigenvalue weighted by atomic mass is 16.8. The van der Waals surface area contributed by atoms with Crippen molar-refractivity contribution in [2.75, 3.05) is 13.7 Å². The molecule has 178 valence electrons. The largest absolute Gasteiger partial charge is 0.361 e. The third-order valence-electron chi connectivity index (χ3n) is 7.75. The van der Waals surface area contributed by atoms with E-state index in [0.29, 0.717) is 6.61 Å². The topological polar surface area (TPSA) is 64.7 Å². The molecule has 3 saturated heterocycles. The van der Waals surface area contributed by atoms with Gasteiger partial charge in [0.25, 0.3) is 0 Å². The molecule has 4 bridgehead atoms. The molecule has 2 N–H and O–H groups in total. The highest BCUT2D eigenvalue weighted by molar-refractivity contribution is 5.83. The van der Waals surface area contributed by atoms with Crippen molar-refractivity contribution < 1.29 is 18.9 Å². The number of rotatable bonds is 8. The number of aromatic amines is 1. The van der Waals surface area contributed by atoms with Crippen molar-refractivity contribution in [2.24, 2.45) is 11.8 Å². The number of nitrogens with one attached hydrogen (secondary N) is 2. The summed E-state index contributed by atoms with van der Waals surface area (Å²) < 4.78 is 24.9. The Kier molecular flexibility index (Phi) is 5.79. The van der Waals surface area contributed by atoms with Gasteiger partial charge in [-0.25, -0.2) is 0 Å². The van der Waals surface area contributed by atoms with E-state index in [1.54, 1.807) is 7.11 Å². The minimum absolute atomic E-state index is 0.0367. The first-order valence-electron chi connectivity index (χ1n) is 12.2. The van der Waals surface area contributed by atoms with E-state index in [2.05, 4.69) is 59.5 Å². The van der Waals surface area contributed by atoms with Crippen molar-refractivity contribution in [3.05, 3.63) is 84.1 Å². The quantitative estimate of drug-likeness (QED) is 0.484. The molecule has 1 aromatic heterocycles. The van der Waals surface area contributed by atoms with Crippen LogP contribution in [0.15, 0.2) is 72.9 Å². The van der Waals surface area contributed by atoms with Crippen LogP contribution in [0, 0.1) is 11.8 Å². The van der Waals surface area contributed by atoms with Crippen LogP contribution < -0.4 is 5.32 Å². The summed E-state index contributed by atoms with van der Waals surface area (Å²) in [7, 11) is 1.74. The van der Waals surface area contributed by atoms with Gasteiger partial charge in [0.15, 0.2) is 18.4 Å². The van der Waals surface area contributed by atoms with Crippen LogP contribution in [-0.2, 0) is 32.0 Å². The van der Waals surface area contributed by atoms with Gasteiger partial charge in [0, 0.05) is 36.7 Å². The number of hydrogen-bond donors (Lipinski definition) is 2. The van der Waals surface area contributed by atoms with Gasteiger partial charge >= 0.3 is 0 Å². The number of aromatic nitrogens is 1. The van der Waals surface area contributed by atoms with Crippen molar-refractivity contribution in [2.45, 2.75) is 50.3 Å². The molecule has 0 unspecified atom stereocenters. The van der Waals surface area contributed by atoms with Crippen molar-refractivity contribution in [3.8, 4) is 0 Å². The highest BCUT2D eigenvalue weighted by Crippen LogP contribution is 2.56. The smallest absolute Gasteiger partial charge is 0.186 e. The van der Waals surface area contributed by atoms with Crippen LogP contribution in [0.25, 0.3) is 10.9 Å². The lowest BCUT2D eigenvalue weighted by molar-refractivity contribution is -0.448. The van der Waals surface area contributed by atoms with E-state index < -0.39 is 12.1 Å². The molecule has 1 aliphatic carbocycles. The maximum Gasteiger partial charge on any atom is 0.186 e. The number of H-pyrrole nitrogens is 1. The molecule has 1 saturated carbocycles. The van der Waals surface area contributed by atoms with Gasteiger partial charge in [-0.05, 0) is 48.1 Å². The number of ether oxygens (including phenoxy) is 4. The first-order valence-corrected chi connectivity index (χ1v) is 12.2. The molecule has 6 heteroatoms. The Balaban J connectivity index is 1.13. The van der Waals surface area contributed by atoms with Gasteiger partial charge in [-0.1, -0.05) is 55.1 Å². The molecule has 0 spiro atoms. The first-order chi connectivity index (χ1) is 16.7. The number of hydrogen-bond acceptors (Lipinski definition) is 5. The van der Waals surface area contributed by atoms with E-state index in [9.17, 15) is 0 Å². The van der Waals surface area contributed by atoms with Crippen molar-refractivity contribution in [3.63, 3.8) is 0 Å². The Morgan fingerprint density at radius 1 is 1.15 bits per heavy atom. The summed E-state index contributed by atoms with van der Waals surface area (Å²) in [6.07, 6.45) is 3.97. The molecular weight excluding hydrogens is 428 g/mol. The maximum atomic E-state index is 6.36. The van der Waals surface area contributed by atoms with Crippen LogP contribution >= 0.6 is 0 Å². The number of fused-ring (bicyclic) bond motifs is 2. The van der Waals surface area contributed by atoms with Gasteiger partial charge in [0.1, 0.15) is 0 Å².